The van der Waals surface area contributed by atoms with E-state index < -0.39 is 0 Å². The standard InChI is InChI=1S/C12H10BrN3S/c13-9-4-3-5-10(8-9)15-12(17)16-11-6-1-2-7-14-11/h1-8H,(H2,14,15,16,17). The number of pyridine rings is 1. The number of anilines is 2. The van der Waals surface area contributed by atoms with E-state index in [1.807, 2.05) is 42.5 Å². The van der Waals surface area contributed by atoms with E-state index in [2.05, 4.69) is 31.5 Å². The van der Waals surface area contributed by atoms with Crippen molar-refractivity contribution in [2.24, 2.45) is 0 Å². The van der Waals surface area contributed by atoms with Gasteiger partial charge in [0.15, 0.2) is 5.11 Å². The van der Waals surface area contributed by atoms with Crippen molar-refractivity contribution in [3.63, 3.8) is 0 Å². The molecule has 0 saturated heterocycles. The summed E-state index contributed by atoms with van der Waals surface area (Å²) >= 11 is 8.59. The van der Waals surface area contributed by atoms with Crippen molar-refractivity contribution in [3.8, 4) is 0 Å². The smallest absolute Gasteiger partial charge is 0.176 e. The van der Waals surface area contributed by atoms with E-state index in [-0.39, 0.29) is 0 Å². The lowest BCUT2D eigenvalue weighted by molar-refractivity contribution is 1.32. The maximum absolute atomic E-state index is 5.18. The Hall–Kier alpha value is -1.46. The molecule has 0 aliphatic rings. The minimum Gasteiger partial charge on any atom is -0.332 e. The van der Waals surface area contributed by atoms with Crippen LogP contribution in [0.3, 0.4) is 0 Å². The molecule has 17 heavy (non-hydrogen) atoms. The van der Waals surface area contributed by atoms with Gasteiger partial charge in [-0.2, -0.15) is 0 Å². The highest BCUT2D eigenvalue weighted by molar-refractivity contribution is 9.10. The molecule has 5 heteroatoms. The predicted molar refractivity (Wildman–Crippen MR) is 78.2 cm³/mol. The van der Waals surface area contributed by atoms with Gasteiger partial charge in [0, 0.05) is 16.4 Å². The number of nitrogens with zero attached hydrogens (tertiary/aromatic N) is 1. The number of hydrogen-bond acceptors (Lipinski definition) is 2. The van der Waals surface area contributed by atoms with Gasteiger partial charge in [0.1, 0.15) is 5.82 Å². The summed E-state index contributed by atoms with van der Waals surface area (Å²) in [4.78, 5) is 4.13. The van der Waals surface area contributed by atoms with Crippen molar-refractivity contribution in [2.45, 2.75) is 0 Å². The summed E-state index contributed by atoms with van der Waals surface area (Å²) in [5.41, 5.74) is 0.924. The molecular weight excluding hydrogens is 298 g/mol. The second kappa shape index (κ2) is 5.75. The van der Waals surface area contributed by atoms with Crippen molar-refractivity contribution < 1.29 is 0 Å². The van der Waals surface area contributed by atoms with E-state index in [0.29, 0.717) is 5.11 Å². The third-order valence-corrected chi connectivity index (χ3v) is 2.69. The Morgan fingerprint density at radius 1 is 1.12 bits per heavy atom. The molecule has 86 valence electrons. The molecule has 2 aromatic rings. The van der Waals surface area contributed by atoms with Crippen LogP contribution in [0.25, 0.3) is 0 Å². The first kappa shape index (κ1) is 12.0. The van der Waals surface area contributed by atoms with E-state index in [4.69, 9.17) is 12.2 Å². The van der Waals surface area contributed by atoms with E-state index >= 15 is 0 Å². The van der Waals surface area contributed by atoms with Crippen LogP contribution < -0.4 is 10.6 Å². The molecule has 0 radical (unpaired) electrons. The first-order valence-electron chi connectivity index (χ1n) is 4.98. The van der Waals surface area contributed by atoms with Gasteiger partial charge in [0.05, 0.1) is 0 Å². The zero-order chi connectivity index (χ0) is 12.1. The molecule has 0 saturated carbocycles. The van der Waals surface area contributed by atoms with Crippen LogP contribution in [0.1, 0.15) is 0 Å². The Kier molecular flexibility index (Phi) is 4.06. The fourth-order valence-electron chi connectivity index (χ4n) is 1.28. The van der Waals surface area contributed by atoms with Gasteiger partial charge in [-0.3, -0.25) is 0 Å². The van der Waals surface area contributed by atoms with Crippen LogP contribution in [-0.2, 0) is 0 Å². The minimum atomic E-state index is 0.516. The van der Waals surface area contributed by atoms with Crippen molar-refractivity contribution in [2.75, 3.05) is 10.6 Å². The quantitative estimate of drug-likeness (QED) is 0.830. The molecule has 0 amide bonds. The molecule has 0 bridgehead atoms. The molecule has 2 rings (SSSR count). The average molecular weight is 308 g/mol. The van der Waals surface area contributed by atoms with Crippen molar-refractivity contribution in [1.29, 1.82) is 0 Å². The average Bonchev–Trinajstić information content (AvgIpc) is 2.30. The maximum Gasteiger partial charge on any atom is 0.176 e. The van der Waals surface area contributed by atoms with Crippen LogP contribution in [0.15, 0.2) is 53.1 Å². The molecule has 0 aliphatic heterocycles. The third kappa shape index (κ3) is 3.80. The van der Waals surface area contributed by atoms with Gasteiger partial charge < -0.3 is 10.6 Å². The second-order valence-electron chi connectivity index (χ2n) is 3.30. The SMILES string of the molecule is S=C(Nc1cccc(Br)c1)Nc1ccccn1. The number of hydrogen-bond donors (Lipinski definition) is 2. The summed E-state index contributed by atoms with van der Waals surface area (Å²) in [7, 11) is 0. The zero-order valence-corrected chi connectivity index (χ0v) is 11.3. The number of nitrogens with one attached hydrogen (secondary N) is 2. The van der Waals surface area contributed by atoms with Gasteiger partial charge in [0.25, 0.3) is 0 Å². The van der Waals surface area contributed by atoms with Crippen LogP contribution in [0.4, 0.5) is 11.5 Å². The van der Waals surface area contributed by atoms with Crippen molar-refractivity contribution >= 4 is 44.8 Å². The Balaban J connectivity index is 1.98. The summed E-state index contributed by atoms with van der Waals surface area (Å²) < 4.78 is 1.00. The van der Waals surface area contributed by atoms with E-state index in [1.54, 1.807) is 6.20 Å². The Morgan fingerprint density at radius 3 is 2.71 bits per heavy atom. The Labute approximate surface area is 113 Å². The summed E-state index contributed by atoms with van der Waals surface area (Å²) in [6.07, 6.45) is 1.71. The van der Waals surface area contributed by atoms with Crippen molar-refractivity contribution in [1.82, 2.24) is 4.98 Å². The largest absolute Gasteiger partial charge is 0.332 e. The second-order valence-corrected chi connectivity index (χ2v) is 4.63. The van der Waals surface area contributed by atoms with E-state index in [0.717, 1.165) is 16.0 Å². The molecule has 1 aromatic carbocycles. The zero-order valence-electron chi connectivity index (χ0n) is 8.85. The summed E-state index contributed by atoms with van der Waals surface area (Å²) in [6.45, 7) is 0. The molecule has 0 aliphatic carbocycles. The highest BCUT2D eigenvalue weighted by atomic mass is 79.9. The van der Waals surface area contributed by atoms with Gasteiger partial charge in [-0.15, -0.1) is 0 Å². The summed E-state index contributed by atoms with van der Waals surface area (Å²) in [5.74, 6) is 0.722. The van der Waals surface area contributed by atoms with Crippen LogP contribution in [0.2, 0.25) is 0 Å². The first-order valence-corrected chi connectivity index (χ1v) is 6.19. The maximum atomic E-state index is 5.18. The summed E-state index contributed by atoms with van der Waals surface area (Å²) in [5, 5.41) is 6.60. The van der Waals surface area contributed by atoms with Gasteiger partial charge >= 0.3 is 0 Å². The number of rotatable bonds is 2. The monoisotopic (exact) mass is 307 g/mol. The number of benzene rings is 1. The number of halogens is 1. The van der Waals surface area contributed by atoms with Gasteiger partial charge in [-0.1, -0.05) is 28.1 Å². The van der Waals surface area contributed by atoms with E-state index in [1.165, 1.54) is 0 Å². The van der Waals surface area contributed by atoms with Crippen molar-refractivity contribution in [3.05, 3.63) is 53.1 Å². The lowest BCUT2D eigenvalue weighted by atomic mass is 10.3. The number of aromatic nitrogens is 1. The molecule has 1 aromatic heterocycles. The fourth-order valence-corrected chi connectivity index (χ4v) is 1.90. The van der Waals surface area contributed by atoms with E-state index in [9.17, 15) is 0 Å². The highest BCUT2D eigenvalue weighted by Gasteiger charge is 1.99. The van der Waals surface area contributed by atoms with Crippen LogP contribution in [0, 0.1) is 0 Å². The molecule has 0 atom stereocenters. The molecule has 1 heterocycles. The lowest BCUT2D eigenvalue weighted by Gasteiger charge is -2.09. The van der Waals surface area contributed by atoms with Gasteiger partial charge in [-0.05, 0) is 42.5 Å². The van der Waals surface area contributed by atoms with Gasteiger partial charge in [-0.25, -0.2) is 4.98 Å². The van der Waals surface area contributed by atoms with Gasteiger partial charge in [0.2, 0.25) is 0 Å². The molecule has 3 nitrogen and oxygen atoms in total. The number of thiocarbonyl (C=S) groups is 1. The van der Waals surface area contributed by atoms with Crippen LogP contribution in [-0.4, -0.2) is 10.1 Å². The first-order chi connectivity index (χ1) is 8.24. The Bertz CT molecular complexity index is 516. The molecular formula is C12H10BrN3S. The fraction of sp³-hybridized carbons (Fsp3) is 0. The molecule has 0 fully saturated rings. The minimum absolute atomic E-state index is 0.516. The van der Waals surface area contributed by atoms with Crippen LogP contribution >= 0.6 is 28.1 Å². The topological polar surface area (TPSA) is 37.0 Å². The normalized spacial score (nSPS) is 9.71. The summed E-state index contributed by atoms with van der Waals surface area (Å²) in [6, 6.07) is 13.4. The Morgan fingerprint density at radius 2 is 2.00 bits per heavy atom. The predicted octanol–water partition coefficient (Wildman–Crippen LogP) is 3.65. The molecule has 0 unspecified atom stereocenters. The molecule has 0 spiro atoms. The highest BCUT2D eigenvalue weighted by Crippen LogP contribution is 2.15. The van der Waals surface area contributed by atoms with Crippen LogP contribution in [0.5, 0.6) is 0 Å². The molecule has 2 N–H and O–H groups in total. The third-order valence-electron chi connectivity index (χ3n) is 1.99. The lowest BCUT2D eigenvalue weighted by Crippen LogP contribution is -2.19.